The van der Waals surface area contributed by atoms with Gasteiger partial charge in [0.1, 0.15) is 11.5 Å². The average molecular weight is 260 g/mol. The molecular formula is C18H28O. The van der Waals surface area contributed by atoms with Crippen LogP contribution in [0.1, 0.15) is 75.0 Å². The van der Waals surface area contributed by atoms with E-state index in [0.29, 0.717) is 0 Å². The van der Waals surface area contributed by atoms with Crippen molar-refractivity contribution < 1.29 is 4.42 Å². The lowest BCUT2D eigenvalue weighted by Gasteiger charge is -2.07. The van der Waals surface area contributed by atoms with E-state index in [2.05, 4.69) is 26.0 Å². The second kappa shape index (κ2) is 7.57. The molecule has 1 aromatic heterocycles. The number of aryl methyl sites for hydroxylation is 2. The highest BCUT2D eigenvalue weighted by Gasteiger charge is 2.19. The Morgan fingerprint density at radius 2 is 1.26 bits per heavy atom. The van der Waals surface area contributed by atoms with Gasteiger partial charge in [0.05, 0.1) is 0 Å². The van der Waals surface area contributed by atoms with Crippen molar-refractivity contribution in [1.29, 1.82) is 0 Å². The van der Waals surface area contributed by atoms with Crippen molar-refractivity contribution in [3.63, 3.8) is 0 Å². The Labute approximate surface area is 118 Å². The van der Waals surface area contributed by atoms with Gasteiger partial charge in [-0.25, -0.2) is 0 Å². The van der Waals surface area contributed by atoms with Crippen LogP contribution >= 0.6 is 0 Å². The van der Waals surface area contributed by atoms with Crippen LogP contribution in [0.15, 0.2) is 16.6 Å². The predicted molar refractivity (Wildman–Crippen MR) is 81.7 cm³/mol. The summed E-state index contributed by atoms with van der Waals surface area (Å²) in [6.45, 7) is 4.52. The summed E-state index contributed by atoms with van der Waals surface area (Å²) < 4.78 is 6.22. The van der Waals surface area contributed by atoms with Gasteiger partial charge in [0.15, 0.2) is 0 Å². The predicted octanol–water partition coefficient (Wildman–Crippen LogP) is 5.40. The SMILES string of the molecule is CCCCCc1oc(CCCCC)c2c1CC=CC2. The van der Waals surface area contributed by atoms with E-state index in [1.54, 1.807) is 0 Å². The summed E-state index contributed by atoms with van der Waals surface area (Å²) in [5.74, 6) is 2.58. The van der Waals surface area contributed by atoms with Gasteiger partial charge in [0.2, 0.25) is 0 Å². The normalized spacial score (nSPS) is 13.8. The lowest BCUT2D eigenvalue weighted by molar-refractivity contribution is 0.445. The highest BCUT2D eigenvalue weighted by Crippen LogP contribution is 2.30. The third kappa shape index (κ3) is 3.75. The number of hydrogen-bond donors (Lipinski definition) is 0. The minimum Gasteiger partial charge on any atom is -0.465 e. The molecule has 0 amide bonds. The molecule has 106 valence electrons. The molecule has 0 saturated carbocycles. The van der Waals surface area contributed by atoms with Crippen molar-refractivity contribution in [2.24, 2.45) is 0 Å². The fraction of sp³-hybridized carbons (Fsp3) is 0.667. The highest BCUT2D eigenvalue weighted by molar-refractivity contribution is 5.39. The summed E-state index contributed by atoms with van der Waals surface area (Å²) in [5, 5.41) is 0. The smallest absolute Gasteiger partial charge is 0.107 e. The molecule has 1 heterocycles. The number of hydrogen-bond acceptors (Lipinski definition) is 1. The number of rotatable bonds is 8. The van der Waals surface area contributed by atoms with E-state index >= 15 is 0 Å². The van der Waals surface area contributed by atoms with Crippen molar-refractivity contribution in [3.05, 3.63) is 34.8 Å². The molecule has 19 heavy (non-hydrogen) atoms. The van der Waals surface area contributed by atoms with E-state index in [1.807, 2.05) is 0 Å². The van der Waals surface area contributed by atoms with Gasteiger partial charge < -0.3 is 4.42 Å². The minimum absolute atomic E-state index is 1.09. The average Bonchev–Trinajstić information content (AvgIpc) is 2.79. The van der Waals surface area contributed by atoms with Gasteiger partial charge in [-0.2, -0.15) is 0 Å². The molecule has 0 saturated heterocycles. The molecule has 0 spiro atoms. The second-order valence-electron chi connectivity index (χ2n) is 5.70. The van der Waals surface area contributed by atoms with E-state index in [-0.39, 0.29) is 0 Å². The lowest BCUT2D eigenvalue weighted by Crippen LogP contribution is -1.99. The maximum absolute atomic E-state index is 6.22. The Balaban J connectivity index is 2.06. The molecule has 0 fully saturated rings. The highest BCUT2D eigenvalue weighted by atomic mass is 16.3. The molecule has 0 aliphatic heterocycles. The zero-order valence-electron chi connectivity index (χ0n) is 12.6. The molecular weight excluding hydrogens is 232 g/mol. The Hall–Kier alpha value is -0.980. The van der Waals surface area contributed by atoms with Crippen molar-refractivity contribution in [2.45, 2.75) is 78.1 Å². The number of unbranched alkanes of at least 4 members (excludes halogenated alkanes) is 4. The van der Waals surface area contributed by atoms with Gasteiger partial charge in [0.25, 0.3) is 0 Å². The minimum atomic E-state index is 1.09. The Kier molecular flexibility index (Phi) is 5.75. The first kappa shape index (κ1) is 14.4. The van der Waals surface area contributed by atoms with Gasteiger partial charge in [-0.15, -0.1) is 0 Å². The first-order valence-corrected chi connectivity index (χ1v) is 8.14. The first-order chi connectivity index (χ1) is 9.36. The van der Waals surface area contributed by atoms with E-state index in [1.165, 1.54) is 61.2 Å². The summed E-state index contributed by atoms with van der Waals surface area (Å²) in [7, 11) is 0. The molecule has 0 radical (unpaired) electrons. The summed E-state index contributed by atoms with van der Waals surface area (Å²) in [6, 6.07) is 0. The van der Waals surface area contributed by atoms with E-state index in [4.69, 9.17) is 4.42 Å². The topological polar surface area (TPSA) is 13.1 Å². The Morgan fingerprint density at radius 1 is 0.789 bits per heavy atom. The van der Waals surface area contributed by atoms with E-state index in [9.17, 15) is 0 Å². The molecule has 1 aliphatic carbocycles. The molecule has 0 N–H and O–H groups in total. The van der Waals surface area contributed by atoms with Crippen LogP contribution in [0.5, 0.6) is 0 Å². The molecule has 0 bridgehead atoms. The van der Waals surface area contributed by atoms with E-state index < -0.39 is 0 Å². The largest absolute Gasteiger partial charge is 0.465 e. The van der Waals surface area contributed by atoms with Crippen LogP contribution < -0.4 is 0 Å². The first-order valence-electron chi connectivity index (χ1n) is 8.14. The Bertz CT molecular complexity index is 375. The summed E-state index contributed by atoms with van der Waals surface area (Å²) in [4.78, 5) is 0. The van der Waals surface area contributed by atoms with Crippen molar-refractivity contribution >= 4 is 0 Å². The van der Waals surface area contributed by atoms with Crippen LogP contribution in [-0.4, -0.2) is 0 Å². The van der Waals surface area contributed by atoms with Gasteiger partial charge in [-0.05, 0) is 25.7 Å². The molecule has 0 unspecified atom stereocenters. The monoisotopic (exact) mass is 260 g/mol. The fourth-order valence-corrected chi connectivity index (χ4v) is 2.96. The van der Waals surface area contributed by atoms with Crippen molar-refractivity contribution in [2.75, 3.05) is 0 Å². The molecule has 1 aromatic rings. The maximum Gasteiger partial charge on any atom is 0.107 e. The molecule has 2 rings (SSSR count). The van der Waals surface area contributed by atoms with Gasteiger partial charge in [-0.1, -0.05) is 51.7 Å². The summed E-state index contributed by atoms with van der Waals surface area (Å²) in [6.07, 6.45) is 16.8. The van der Waals surface area contributed by atoms with Gasteiger partial charge in [-0.3, -0.25) is 0 Å². The summed E-state index contributed by atoms with van der Waals surface area (Å²) in [5.41, 5.74) is 3.04. The van der Waals surface area contributed by atoms with Crippen molar-refractivity contribution in [1.82, 2.24) is 0 Å². The van der Waals surface area contributed by atoms with Crippen LogP contribution in [-0.2, 0) is 25.7 Å². The van der Waals surface area contributed by atoms with Gasteiger partial charge >= 0.3 is 0 Å². The third-order valence-corrected chi connectivity index (χ3v) is 4.11. The zero-order valence-corrected chi connectivity index (χ0v) is 12.6. The van der Waals surface area contributed by atoms with Crippen LogP contribution in [0.25, 0.3) is 0 Å². The lowest BCUT2D eigenvalue weighted by atomic mass is 9.94. The third-order valence-electron chi connectivity index (χ3n) is 4.11. The van der Waals surface area contributed by atoms with Crippen LogP contribution in [0, 0.1) is 0 Å². The quantitative estimate of drug-likeness (QED) is 0.450. The van der Waals surface area contributed by atoms with E-state index in [0.717, 1.165) is 25.7 Å². The second-order valence-corrected chi connectivity index (χ2v) is 5.70. The van der Waals surface area contributed by atoms with Crippen LogP contribution in [0.2, 0.25) is 0 Å². The summed E-state index contributed by atoms with van der Waals surface area (Å²) >= 11 is 0. The van der Waals surface area contributed by atoms with Gasteiger partial charge in [0, 0.05) is 24.0 Å². The molecule has 0 aromatic carbocycles. The molecule has 1 aliphatic rings. The zero-order chi connectivity index (χ0) is 13.5. The van der Waals surface area contributed by atoms with Crippen molar-refractivity contribution in [3.8, 4) is 0 Å². The Morgan fingerprint density at radius 3 is 1.68 bits per heavy atom. The number of fused-ring (bicyclic) bond motifs is 1. The maximum atomic E-state index is 6.22. The molecule has 1 nitrogen and oxygen atoms in total. The molecule has 0 atom stereocenters. The molecule has 1 heteroatoms. The van der Waals surface area contributed by atoms with Crippen LogP contribution in [0.3, 0.4) is 0 Å². The standard InChI is InChI=1S/C18H28O/c1-3-5-7-13-17-15-11-9-10-12-16(15)18(19-17)14-8-6-4-2/h9-10H,3-8,11-14H2,1-2H3. The fourth-order valence-electron chi connectivity index (χ4n) is 2.96. The number of allylic oxidation sites excluding steroid dienone is 2. The number of furan rings is 1. The van der Waals surface area contributed by atoms with Crippen LogP contribution in [0.4, 0.5) is 0 Å².